The van der Waals surface area contributed by atoms with Crippen molar-refractivity contribution in [1.82, 2.24) is 0 Å². The van der Waals surface area contributed by atoms with E-state index in [1.165, 1.54) is 12.3 Å². The second-order valence-electron chi connectivity index (χ2n) is 6.37. The van der Waals surface area contributed by atoms with E-state index in [2.05, 4.69) is 5.32 Å². The fourth-order valence-corrected chi connectivity index (χ4v) is 3.36. The Morgan fingerprint density at radius 2 is 1.96 bits per heavy atom. The predicted octanol–water partition coefficient (Wildman–Crippen LogP) is 4.79. The van der Waals surface area contributed by atoms with Crippen molar-refractivity contribution in [1.29, 1.82) is 0 Å². The van der Waals surface area contributed by atoms with Gasteiger partial charge >= 0.3 is 0 Å². The smallest absolute Gasteiger partial charge is 0.293 e. The van der Waals surface area contributed by atoms with Crippen molar-refractivity contribution in [2.24, 2.45) is 0 Å². The number of carbonyl (C=O) groups excluding carboxylic acids is 2. The Labute approximate surface area is 167 Å². The van der Waals surface area contributed by atoms with Gasteiger partial charge in [0.2, 0.25) is 5.91 Å². The lowest BCUT2D eigenvalue weighted by Gasteiger charge is -2.16. The molecule has 4 rings (SSSR count). The summed E-state index contributed by atoms with van der Waals surface area (Å²) in [6, 6.07) is 16.2. The number of benzene rings is 2. The maximum absolute atomic E-state index is 12.6. The molecule has 1 N–H and O–H groups in total. The molecule has 140 valence electrons. The number of hydrogen-bond donors (Lipinski definition) is 1. The van der Waals surface area contributed by atoms with Gasteiger partial charge in [-0.1, -0.05) is 35.9 Å². The molecule has 0 radical (unpaired) electrons. The van der Waals surface area contributed by atoms with Gasteiger partial charge in [0, 0.05) is 29.0 Å². The van der Waals surface area contributed by atoms with Crippen LogP contribution >= 0.6 is 11.6 Å². The van der Waals surface area contributed by atoms with Gasteiger partial charge in [-0.2, -0.15) is 0 Å². The lowest BCUT2D eigenvalue weighted by molar-refractivity contribution is -0.111. The zero-order valence-electron chi connectivity index (χ0n) is 14.9. The third-order valence-corrected chi connectivity index (χ3v) is 4.89. The molecule has 0 aliphatic carbocycles. The van der Waals surface area contributed by atoms with E-state index in [4.69, 9.17) is 16.0 Å². The second kappa shape index (κ2) is 7.74. The highest BCUT2D eigenvalue weighted by Crippen LogP contribution is 2.32. The van der Waals surface area contributed by atoms with E-state index in [-0.39, 0.29) is 11.8 Å². The minimum absolute atomic E-state index is 0.189. The molecule has 28 heavy (non-hydrogen) atoms. The lowest BCUT2D eigenvalue weighted by atomic mass is 10.1. The molecule has 2 aromatic carbocycles. The van der Waals surface area contributed by atoms with E-state index >= 15 is 0 Å². The fraction of sp³-hybridized carbons (Fsp3) is 0.0909. The van der Waals surface area contributed by atoms with E-state index in [1.54, 1.807) is 29.2 Å². The molecule has 1 aliphatic heterocycles. The highest BCUT2D eigenvalue weighted by atomic mass is 35.5. The number of fused-ring (bicyclic) bond motifs is 1. The number of furan rings is 1. The van der Waals surface area contributed by atoms with E-state index in [0.29, 0.717) is 23.0 Å². The number of carbonyl (C=O) groups is 2. The van der Waals surface area contributed by atoms with Gasteiger partial charge in [-0.25, -0.2) is 0 Å². The van der Waals surface area contributed by atoms with Crippen LogP contribution < -0.4 is 10.2 Å². The molecular weight excluding hydrogens is 376 g/mol. The Balaban J connectivity index is 1.50. The van der Waals surface area contributed by atoms with Crippen LogP contribution in [0.5, 0.6) is 0 Å². The van der Waals surface area contributed by atoms with Crippen molar-refractivity contribution >= 4 is 40.9 Å². The van der Waals surface area contributed by atoms with Crippen molar-refractivity contribution in [3.05, 3.63) is 88.8 Å². The summed E-state index contributed by atoms with van der Waals surface area (Å²) < 4.78 is 5.22. The third kappa shape index (κ3) is 3.70. The average molecular weight is 393 g/mol. The molecule has 0 spiro atoms. The van der Waals surface area contributed by atoms with E-state index in [0.717, 1.165) is 23.2 Å². The molecule has 0 atom stereocenters. The van der Waals surface area contributed by atoms with E-state index < -0.39 is 0 Å². The molecule has 3 aromatic rings. The number of rotatable bonds is 4. The van der Waals surface area contributed by atoms with Gasteiger partial charge < -0.3 is 14.6 Å². The van der Waals surface area contributed by atoms with Crippen LogP contribution in [0.4, 0.5) is 11.4 Å². The van der Waals surface area contributed by atoms with Gasteiger partial charge in [-0.05, 0) is 54.0 Å². The Morgan fingerprint density at radius 1 is 1.11 bits per heavy atom. The summed E-state index contributed by atoms with van der Waals surface area (Å²) in [5, 5.41) is 3.41. The molecule has 0 unspecified atom stereocenters. The molecule has 2 heterocycles. The van der Waals surface area contributed by atoms with Crippen molar-refractivity contribution < 1.29 is 14.0 Å². The summed E-state index contributed by atoms with van der Waals surface area (Å²) in [4.78, 5) is 26.5. The van der Waals surface area contributed by atoms with Gasteiger partial charge in [0.15, 0.2) is 5.76 Å². The van der Waals surface area contributed by atoms with Gasteiger partial charge in [0.1, 0.15) is 0 Å². The number of hydrogen-bond acceptors (Lipinski definition) is 3. The van der Waals surface area contributed by atoms with Crippen molar-refractivity contribution in [2.75, 3.05) is 16.8 Å². The molecule has 6 heteroatoms. The highest BCUT2D eigenvalue weighted by Gasteiger charge is 2.27. The van der Waals surface area contributed by atoms with Crippen molar-refractivity contribution in [3.63, 3.8) is 0 Å². The predicted molar refractivity (Wildman–Crippen MR) is 110 cm³/mol. The van der Waals surface area contributed by atoms with Crippen LogP contribution in [-0.4, -0.2) is 18.4 Å². The molecule has 0 saturated carbocycles. The summed E-state index contributed by atoms with van der Waals surface area (Å²) in [5.41, 5.74) is 3.23. The van der Waals surface area contributed by atoms with Crippen LogP contribution in [0.2, 0.25) is 5.02 Å². The first-order chi connectivity index (χ1) is 13.6. The van der Waals surface area contributed by atoms with Crippen molar-refractivity contribution in [3.8, 4) is 0 Å². The van der Waals surface area contributed by atoms with Crippen LogP contribution in [0.15, 0.2) is 71.4 Å². The maximum Gasteiger partial charge on any atom is 0.293 e. The number of nitrogens with one attached hydrogen (secondary N) is 1. The van der Waals surface area contributed by atoms with Gasteiger partial charge in [0.05, 0.1) is 6.26 Å². The molecule has 0 bridgehead atoms. The lowest BCUT2D eigenvalue weighted by Crippen LogP contribution is -2.28. The normalized spacial score (nSPS) is 13.0. The Kier molecular flexibility index (Phi) is 5.00. The molecule has 1 aromatic heterocycles. The van der Waals surface area contributed by atoms with Crippen LogP contribution in [0, 0.1) is 0 Å². The molecule has 0 fully saturated rings. The molecule has 5 nitrogen and oxygen atoms in total. The van der Waals surface area contributed by atoms with Crippen LogP contribution in [0.25, 0.3) is 6.08 Å². The summed E-state index contributed by atoms with van der Waals surface area (Å²) >= 11 is 6.09. The SMILES string of the molecule is O=C(/C=C/c1ccccc1Cl)Nc1ccc2c(c1)N(C(=O)c1ccco1)CC2. The standard InChI is InChI=1S/C22H17ClN2O3/c23-18-5-2-1-4-15(18)8-10-21(26)24-17-9-7-16-11-12-25(19(16)14-17)22(27)20-6-3-13-28-20/h1-10,13-14H,11-12H2,(H,24,26)/b10-8+. The van der Waals surface area contributed by atoms with Gasteiger partial charge in [-0.3, -0.25) is 9.59 Å². The van der Waals surface area contributed by atoms with E-state index in [9.17, 15) is 9.59 Å². The quantitative estimate of drug-likeness (QED) is 0.649. The topological polar surface area (TPSA) is 62.6 Å². The number of nitrogens with zero attached hydrogens (tertiary/aromatic N) is 1. The van der Waals surface area contributed by atoms with Crippen LogP contribution in [0.1, 0.15) is 21.7 Å². The first-order valence-corrected chi connectivity index (χ1v) is 9.21. The van der Waals surface area contributed by atoms with E-state index in [1.807, 2.05) is 36.4 Å². The zero-order valence-corrected chi connectivity index (χ0v) is 15.6. The molecule has 0 saturated heterocycles. The maximum atomic E-state index is 12.6. The van der Waals surface area contributed by atoms with Gasteiger partial charge in [-0.15, -0.1) is 0 Å². The number of anilines is 2. The monoisotopic (exact) mass is 392 g/mol. The Hall–Kier alpha value is -3.31. The minimum Gasteiger partial charge on any atom is -0.459 e. The van der Waals surface area contributed by atoms with Crippen LogP contribution in [0.3, 0.4) is 0 Å². The van der Waals surface area contributed by atoms with Crippen molar-refractivity contribution in [2.45, 2.75) is 6.42 Å². The first-order valence-electron chi connectivity index (χ1n) is 8.84. The summed E-state index contributed by atoms with van der Waals surface area (Å²) in [7, 11) is 0. The number of halogens is 1. The first kappa shape index (κ1) is 18.1. The molecular formula is C22H17ClN2O3. The highest BCUT2D eigenvalue weighted by molar-refractivity contribution is 6.32. The Morgan fingerprint density at radius 3 is 2.75 bits per heavy atom. The largest absolute Gasteiger partial charge is 0.459 e. The molecule has 2 amide bonds. The average Bonchev–Trinajstić information content (AvgIpc) is 3.37. The van der Waals surface area contributed by atoms with Crippen LogP contribution in [-0.2, 0) is 11.2 Å². The minimum atomic E-state index is -0.276. The summed E-state index contributed by atoms with van der Waals surface area (Å²) in [5.74, 6) is -0.169. The Bertz CT molecular complexity index is 1060. The summed E-state index contributed by atoms with van der Waals surface area (Å²) in [6.07, 6.45) is 5.34. The number of amides is 2. The van der Waals surface area contributed by atoms with Gasteiger partial charge in [0.25, 0.3) is 5.91 Å². The summed E-state index contributed by atoms with van der Waals surface area (Å²) in [6.45, 7) is 0.582. The third-order valence-electron chi connectivity index (χ3n) is 4.54. The molecule has 1 aliphatic rings. The zero-order chi connectivity index (χ0) is 19.5. The second-order valence-corrected chi connectivity index (χ2v) is 6.78. The fourth-order valence-electron chi connectivity index (χ4n) is 3.16.